The van der Waals surface area contributed by atoms with Crippen molar-refractivity contribution < 1.29 is 5.11 Å². The summed E-state index contributed by atoms with van der Waals surface area (Å²) in [5.74, 6) is 0. The SMILES string of the molecule is OCc1ccc(CNCCc2ccsc2)cc1. The topological polar surface area (TPSA) is 32.3 Å². The van der Waals surface area contributed by atoms with Gasteiger partial charge in [0.15, 0.2) is 0 Å². The molecule has 0 radical (unpaired) electrons. The van der Waals surface area contributed by atoms with Crippen LogP contribution in [0.3, 0.4) is 0 Å². The molecule has 3 heteroatoms. The summed E-state index contributed by atoms with van der Waals surface area (Å²) in [7, 11) is 0. The lowest BCUT2D eigenvalue weighted by Gasteiger charge is -2.05. The van der Waals surface area contributed by atoms with E-state index in [1.807, 2.05) is 12.1 Å². The highest BCUT2D eigenvalue weighted by Crippen LogP contribution is 2.06. The molecule has 0 fully saturated rings. The van der Waals surface area contributed by atoms with Crippen molar-refractivity contribution >= 4 is 11.3 Å². The van der Waals surface area contributed by atoms with Crippen LogP contribution in [0.2, 0.25) is 0 Å². The normalized spacial score (nSPS) is 10.6. The molecule has 0 atom stereocenters. The molecule has 2 nitrogen and oxygen atoms in total. The minimum atomic E-state index is 0.117. The standard InChI is InChI=1S/C14H17NOS/c16-10-13-3-1-12(2-4-13)9-15-7-5-14-6-8-17-11-14/h1-4,6,8,11,15-16H,5,7,9-10H2. The summed E-state index contributed by atoms with van der Waals surface area (Å²) in [4.78, 5) is 0. The van der Waals surface area contributed by atoms with Crippen LogP contribution in [0.15, 0.2) is 41.1 Å². The van der Waals surface area contributed by atoms with Crippen molar-refractivity contribution in [2.75, 3.05) is 6.54 Å². The van der Waals surface area contributed by atoms with Crippen LogP contribution in [0.25, 0.3) is 0 Å². The van der Waals surface area contributed by atoms with Gasteiger partial charge in [-0.25, -0.2) is 0 Å². The third-order valence-electron chi connectivity index (χ3n) is 2.71. The van der Waals surface area contributed by atoms with Gasteiger partial charge in [0.1, 0.15) is 0 Å². The molecule has 1 aromatic carbocycles. The number of hydrogen-bond acceptors (Lipinski definition) is 3. The van der Waals surface area contributed by atoms with Gasteiger partial charge in [-0.15, -0.1) is 0 Å². The Kier molecular flexibility index (Phi) is 4.74. The van der Waals surface area contributed by atoms with Gasteiger partial charge >= 0.3 is 0 Å². The zero-order valence-electron chi connectivity index (χ0n) is 9.73. The molecule has 0 saturated heterocycles. The molecule has 0 saturated carbocycles. The smallest absolute Gasteiger partial charge is 0.0681 e. The Balaban J connectivity index is 1.70. The van der Waals surface area contributed by atoms with Gasteiger partial charge < -0.3 is 10.4 Å². The van der Waals surface area contributed by atoms with Crippen molar-refractivity contribution in [3.63, 3.8) is 0 Å². The number of rotatable bonds is 6. The Morgan fingerprint density at radius 3 is 2.41 bits per heavy atom. The Bertz CT molecular complexity index is 422. The van der Waals surface area contributed by atoms with E-state index in [-0.39, 0.29) is 6.61 Å². The summed E-state index contributed by atoms with van der Waals surface area (Å²) >= 11 is 1.75. The molecule has 0 bridgehead atoms. The predicted octanol–water partition coefficient (Wildman–Crippen LogP) is 2.57. The highest BCUT2D eigenvalue weighted by Gasteiger charge is 1.95. The predicted molar refractivity (Wildman–Crippen MR) is 72.1 cm³/mol. The van der Waals surface area contributed by atoms with Crippen molar-refractivity contribution in [3.05, 3.63) is 57.8 Å². The first kappa shape index (κ1) is 12.3. The van der Waals surface area contributed by atoms with Gasteiger partial charge in [0.25, 0.3) is 0 Å². The number of aliphatic hydroxyl groups is 1. The molecule has 17 heavy (non-hydrogen) atoms. The summed E-state index contributed by atoms with van der Waals surface area (Å²) in [5.41, 5.74) is 3.62. The fraction of sp³-hybridized carbons (Fsp3) is 0.286. The van der Waals surface area contributed by atoms with E-state index in [9.17, 15) is 0 Å². The van der Waals surface area contributed by atoms with Crippen LogP contribution in [0.5, 0.6) is 0 Å². The zero-order chi connectivity index (χ0) is 11.9. The van der Waals surface area contributed by atoms with Gasteiger partial charge in [-0.3, -0.25) is 0 Å². The van der Waals surface area contributed by atoms with Crippen LogP contribution in [-0.2, 0) is 19.6 Å². The first-order valence-electron chi connectivity index (χ1n) is 5.79. The Labute approximate surface area is 106 Å². The van der Waals surface area contributed by atoms with E-state index < -0.39 is 0 Å². The number of hydrogen-bond donors (Lipinski definition) is 2. The van der Waals surface area contributed by atoms with E-state index in [0.29, 0.717) is 0 Å². The second-order valence-electron chi connectivity index (χ2n) is 4.03. The maximum absolute atomic E-state index is 8.93. The molecule has 1 aromatic heterocycles. The van der Waals surface area contributed by atoms with Crippen LogP contribution in [-0.4, -0.2) is 11.7 Å². The van der Waals surface area contributed by atoms with Crippen LogP contribution < -0.4 is 5.32 Å². The van der Waals surface area contributed by atoms with Gasteiger partial charge in [-0.2, -0.15) is 11.3 Å². The third-order valence-corrected chi connectivity index (χ3v) is 3.44. The summed E-state index contributed by atoms with van der Waals surface area (Å²) < 4.78 is 0. The highest BCUT2D eigenvalue weighted by atomic mass is 32.1. The van der Waals surface area contributed by atoms with Gasteiger partial charge in [-0.1, -0.05) is 24.3 Å². The van der Waals surface area contributed by atoms with E-state index >= 15 is 0 Å². The van der Waals surface area contributed by atoms with Crippen molar-refractivity contribution in [1.29, 1.82) is 0 Å². The van der Waals surface area contributed by atoms with Crippen LogP contribution in [0.4, 0.5) is 0 Å². The summed E-state index contributed by atoms with van der Waals surface area (Å²) in [5, 5.41) is 16.7. The van der Waals surface area contributed by atoms with Crippen molar-refractivity contribution in [2.24, 2.45) is 0 Å². The van der Waals surface area contributed by atoms with Crippen LogP contribution in [0.1, 0.15) is 16.7 Å². The fourth-order valence-corrected chi connectivity index (χ4v) is 2.37. The van der Waals surface area contributed by atoms with Gasteiger partial charge in [-0.05, 0) is 46.5 Å². The van der Waals surface area contributed by atoms with Gasteiger partial charge in [0.05, 0.1) is 6.61 Å². The molecule has 2 N–H and O–H groups in total. The second kappa shape index (κ2) is 6.55. The molecule has 0 spiro atoms. The van der Waals surface area contributed by atoms with Crippen molar-refractivity contribution in [2.45, 2.75) is 19.6 Å². The molecule has 1 heterocycles. The summed E-state index contributed by atoms with van der Waals surface area (Å²) in [6, 6.07) is 10.2. The average molecular weight is 247 g/mol. The lowest BCUT2D eigenvalue weighted by Crippen LogP contribution is -2.16. The summed E-state index contributed by atoms with van der Waals surface area (Å²) in [6.07, 6.45) is 1.08. The number of aliphatic hydroxyl groups excluding tert-OH is 1. The minimum Gasteiger partial charge on any atom is -0.392 e. The van der Waals surface area contributed by atoms with Crippen LogP contribution in [0, 0.1) is 0 Å². The van der Waals surface area contributed by atoms with E-state index in [2.05, 4.69) is 34.3 Å². The first-order chi connectivity index (χ1) is 8.38. The Morgan fingerprint density at radius 1 is 1.00 bits per heavy atom. The van der Waals surface area contributed by atoms with E-state index in [4.69, 9.17) is 5.11 Å². The van der Waals surface area contributed by atoms with Crippen LogP contribution >= 0.6 is 11.3 Å². The molecule has 90 valence electrons. The van der Waals surface area contributed by atoms with E-state index in [1.165, 1.54) is 11.1 Å². The maximum atomic E-state index is 8.93. The van der Waals surface area contributed by atoms with E-state index in [0.717, 1.165) is 25.1 Å². The molecule has 0 amide bonds. The molecule has 2 aromatic rings. The average Bonchev–Trinajstić information content (AvgIpc) is 2.88. The number of nitrogens with one attached hydrogen (secondary N) is 1. The lowest BCUT2D eigenvalue weighted by atomic mass is 10.1. The lowest BCUT2D eigenvalue weighted by molar-refractivity contribution is 0.282. The molecule has 0 unspecified atom stereocenters. The Morgan fingerprint density at radius 2 is 1.76 bits per heavy atom. The molecular formula is C14H17NOS. The van der Waals surface area contributed by atoms with Crippen molar-refractivity contribution in [3.8, 4) is 0 Å². The third kappa shape index (κ3) is 3.97. The van der Waals surface area contributed by atoms with E-state index in [1.54, 1.807) is 11.3 Å². The number of thiophene rings is 1. The number of benzene rings is 1. The molecule has 0 aliphatic heterocycles. The van der Waals surface area contributed by atoms with Gasteiger partial charge in [0, 0.05) is 6.54 Å². The highest BCUT2D eigenvalue weighted by molar-refractivity contribution is 7.07. The quantitative estimate of drug-likeness (QED) is 0.769. The molecule has 2 rings (SSSR count). The first-order valence-corrected chi connectivity index (χ1v) is 6.73. The monoisotopic (exact) mass is 247 g/mol. The second-order valence-corrected chi connectivity index (χ2v) is 4.81. The largest absolute Gasteiger partial charge is 0.392 e. The van der Waals surface area contributed by atoms with Gasteiger partial charge in [0.2, 0.25) is 0 Å². The fourth-order valence-electron chi connectivity index (χ4n) is 1.66. The zero-order valence-corrected chi connectivity index (χ0v) is 10.5. The molecule has 0 aliphatic rings. The molecular weight excluding hydrogens is 230 g/mol. The minimum absolute atomic E-state index is 0.117. The van der Waals surface area contributed by atoms with Crippen molar-refractivity contribution in [1.82, 2.24) is 5.32 Å². The summed E-state index contributed by atoms with van der Waals surface area (Å²) in [6.45, 7) is 2.00. The Hall–Kier alpha value is -1.16. The maximum Gasteiger partial charge on any atom is 0.0681 e. The molecule has 0 aliphatic carbocycles.